The Morgan fingerprint density at radius 2 is 2.38 bits per heavy atom. The quantitative estimate of drug-likeness (QED) is 0.846. The van der Waals surface area contributed by atoms with Crippen LogP contribution in [0.2, 0.25) is 0 Å². The van der Waals surface area contributed by atoms with Crippen molar-refractivity contribution in [2.75, 3.05) is 26.9 Å². The van der Waals surface area contributed by atoms with Gasteiger partial charge in [0.1, 0.15) is 5.75 Å². The van der Waals surface area contributed by atoms with Crippen molar-refractivity contribution in [3.05, 3.63) is 29.3 Å². The summed E-state index contributed by atoms with van der Waals surface area (Å²) in [7, 11) is 1.72. The first-order valence-electron chi connectivity index (χ1n) is 5.83. The highest BCUT2D eigenvalue weighted by Crippen LogP contribution is 2.24. The summed E-state index contributed by atoms with van der Waals surface area (Å²) < 4.78 is 10.8. The number of rotatable bonds is 3. The molecule has 0 amide bonds. The second-order valence-corrected chi connectivity index (χ2v) is 4.01. The van der Waals surface area contributed by atoms with E-state index in [1.807, 2.05) is 6.07 Å². The summed E-state index contributed by atoms with van der Waals surface area (Å²) in [4.78, 5) is 0. The van der Waals surface area contributed by atoms with Gasteiger partial charge >= 0.3 is 0 Å². The van der Waals surface area contributed by atoms with Gasteiger partial charge in [-0.05, 0) is 23.6 Å². The SMILES string of the molecule is CCc1cc(C2COCCN2)ccc1OC. The molecule has 0 spiro atoms. The van der Waals surface area contributed by atoms with Crippen LogP contribution >= 0.6 is 0 Å². The number of aryl methyl sites for hydroxylation is 1. The summed E-state index contributed by atoms with van der Waals surface area (Å²) in [6.45, 7) is 4.65. The van der Waals surface area contributed by atoms with Crippen LogP contribution in [-0.4, -0.2) is 26.9 Å². The van der Waals surface area contributed by atoms with E-state index in [0.717, 1.165) is 31.9 Å². The maximum Gasteiger partial charge on any atom is 0.122 e. The van der Waals surface area contributed by atoms with E-state index >= 15 is 0 Å². The summed E-state index contributed by atoms with van der Waals surface area (Å²) >= 11 is 0. The second-order valence-electron chi connectivity index (χ2n) is 4.01. The molecule has 1 aromatic carbocycles. The molecule has 0 aliphatic carbocycles. The molecule has 1 heterocycles. The van der Waals surface area contributed by atoms with Crippen LogP contribution < -0.4 is 10.1 Å². The molecule has 0 aromatic heterocycles. The molecule has 0 bridgehead atoms. The summed E-state index contributed by atoms with van der Waals surface area (Å²) in [5.41, 5.74) is 2.55. The zero-order valence-electron chi connectivity index (χ0n) is 9.95. The zero-order valence-corrected chi connectivity index (χ0v) is 9.95. The molecule has 1 aromatic rings. The number of morpholine rings is 1. The molecular weight excluding hydrogens is 202 g/mol. The lowest BCUT2D eigenvalue weighted by Crippen LogP contribution is -2.34. The van der Waals surface area contributed by atoms with Crippen LogP contribution in [0.15, 0.2) is 18.2 Å². The van der Waals surface area contributed by atoms with Crippen molar-refractivity contribution < 1.29 is 9.47 Å². The number of ether oxygens (including phenoxy) is 2. The van der Waals surface area contributed by atoms with Gasteiger partial charge in [-0.15, -0.1) is 0 Å². The first-order valence-corrected chi connectivity index (χ1v) is 5.83. The monoisotopic (exact) mass is 221 g/mol. The lowest BCUT2D eigenvalue weighted by molar-refractivity contribution is 0.0768. The molecule has 1 N–H and O–H groups in total. The van der Waals surface area contributed by atoms with Crippen LogP contribution in [-0.2, 0) is 11.2 Å². The topological polar surface area (TPSA) is 30.5 Å². The smallest absolute Gasteiger partial charge is 0.122 e. The molecule has 16 heavy (non-hydrogen) atoms. The lowest BCUT2D eigenvalue weighted by Gasteiger charge is -2.24. The van der Waals surface area contributed by atoms with Gasteiger partial charge in [-0.25, -0.2) is 0 Å². The molecule has 1 aliphatic rings. The van der Waals surface area contributed by atoms with E-state index in [2.05, 4.69) is 24.4 Å². The van der Waals surface area contributed by atoms with Crippen LogP contribution in [0.3, 0.4) is 0 Å². The second kappa shape index (κ2) is 5.32. The van der Waals surface area contributed by atoms with Gasteiger partial charge in [0, 0.05) is 6.54 Å². The Morgan fingerprint density at radius 1 is 1.50 bits per heavy atom. The fraction of sp³-hybridized carbons (Fsp3) is 0.538. The number of hydrogen-bond donors (Lipinski definition) is 1. The van der Waals surface area contributed by atoms with E-state index in [4.69, 9.17) is 9.47 Å². The van der Waals surface area contributed by atoms with Gasteiger partial charge in [0.2, 0.25) is 0 Å². The van der Waals surface area contributed by atoms with Crippen molar-refractivity contribution in [3.63, 3.8) is 0 Å². The van der Waals surface area contributed by atoms with Crippen molar-refractivity contribution in [2.45, 2.75) is 19.4 Å². The predicted octanol–water partition coefficient (Wildman–Crippen LogP) is 1.92. The first-order chi connectivity index (χ1) is 7.85. The highest BCUT2D eigenvalue weighted by Gasteiger charge is 2.16. The standard InChI is InChI=1S/C13H19NO2/c1-3-10-8-11(4-5-13(10)15-2)12-9-16-7-6-14-12/h4-5,8,12,14H,3,6-7,9H2,1-2H3. The van der Waals surface area contributed by atoms with Crippen LogP contribution in [0, 0.1) is 0 Å². The van der Waals surface area contributed by atoms with Crippen LogP contribution in [0.1, 0.15) is 24.1 Å². The molecule has 0 saturated carbocycles. The van der Waals surface area contributed by atoms with Gasteiger partial charge < -0.3 is 14.8 Å². The predicted molar refractivity (Wildman–Crippen MR) is 63.9 cm³/mol. The summed E-state index contributed by atoms with van der Waals surface area (Å²) in [6, 6.07) is 6.70. The largest absolute Gasteiger partial charge is 0.496 e. The van der Waals surface area contributed by atoms with Crippen molar-refractivity contribution in [2.24, 2.45) is 0 Å². The number of benzene rings is 1. The van der Waals surface area contributed by atoms with Gasteiger partial charge in [-0.2, -0.15) is 0 Å². The fourth-order valence-electron chi connectivity index (χ4n) is 2.07. The molecule has 1 aliphatic heterocycles. The van der Waals surface area contributed by atoms with Gasteiger partial charge in [0.05, 0.1) is 26.4 Å². The van der Waals surface area contributed by atoms with Crippen molar-refractivity contribution in [1.82, 2.24) is 5.32 Å². The molecule has 3 heteroatoms. The number of nitrogens with one attached hydrogen (secondary N) is 1. The Hall–Kier alpha value is -1.06. The molecule has 0 radical (unpaired) electrons. The Bertz CT molecular complexity index is 346. The fourth-order valence-corrected chi connectivity index (χ4v) is 2.07. The van der Waals surface area contributed by atoms with E-state index < -0.39 is 0 Å². The maximum atomic E-state index is 5.47. The normalized spacial score (nSPS) is 20.8. The molecule has 3 nitrogen and oxygen atoms in total. The minimum atomic E-state index is 0.324. The minimum Gasteiger partial charge on any atom is -0.496 e. The van der Waals surface area contributed by atoms with E-state index in [-0.39, 0.29) is 0 Å². The van der Waals surface area contributed by atoms with Crippen molar-refractivity contribution >= 4 is 0 Å². The van der Waals surface area contributed by atoms with Gasteiger partial charge in [-0.1, -0.05) is 19.1 Å². The van der Waals surface area contributed by atoms with Crippen LogP contribution in [0.5, 0.6) is 5.75 Å². The summed E-state index contributed by atoms with van der Waals surface area (Å²) in [5.74, 6) is 0.975. The Morgan fingerprint density at radius 3 is 3.00 bits per heavy atom. The van der Waals surface area contributed by atoms with Crippen molar-refractivity contribution in [1.29, 1.82) is 0 Å². The average Bonchev–Trinajstić information content (AvgIpc) is 2.39. The zero-order chi connectivity index (χ0) is 11.4. The Kier molecular flexibility index (Phi) is 3.80. The summed E-state index contributed by atoms with van der Waals surface area (Å²) in [6.07, 6.45) is 0.991. The molecule has 88 valence electrons. The molecule has 1 atom stereocenters. The third kappa shape index (κ3) is 2.36. The van der Waals surface area contributed by atoms with Gasteiger partial charge in [-0.3, -0.25) is 0 Å². The van der Waals surface area contributed by atoms with Gasteiger partial charge in [0.15, 0.2) is 0 Å². The van der Waals surface area contributed by atoms with E-state index in [1.54, 1.807) is 7.11 Å². The van der Waals surface area contributed by atoms with E-state index in [1.165, 1.54) is 11.1 Å². The third-order valence-electron chi connectivity index (χ3n) is 3.01. The highest BCUT2D eigenvalue weighted by molar-refractivity contribution is 5.38. The molecular formula is C13H19NO2. The Balaban J connectivity index is 2.20. The Labute approximate surface area is 96.8 Å². The maximum absolute atomic E-state index is 5.47. The molecule has 1 saturated heterocycles. The number of hydrogen-bond acceptors (Lipinski definition) is 3. The highest BCUT2D eigenvalue weighted by atomic mass is 16.5. The first kappa shape index (κ1) is 11.4. The molecule has 2 rings (SSSR count). The average molecular weight is 221 g/mol. The van der Waals surface area contributed by atoms with Crippen LogP contribution in [0.4, 0.5) is 0 Å². The van der Waals surface area contributed by atoms with Crippen LogP contribution in [0.25, 0.3) is 0 Å². The minimum absolute atomic E-state index is 0.324. The van der Waals surface area contributed by atoms with Crippen molar-refractivity contribution in [3.8, 4) is 5.75 Å². The van der Waals surface area contributed by atoms with E-state index in [9.17, 15) is 0 Å². The third-order valence-corrected chi connectivity index (χ3v) is 3.01. The summed E-state index contributed by atoms with van der Waals surface area (Å²) in [5, 5.41) is 3.46. The number of methoxy groups -OCH3 is 1. The lowest BCUT2D eigenvalue weighted by atomic mass is 10.0. The van der Waals surface area contributed by atoms with Gasteiger partial charge in [0.25, 0.3) is 0 Å². The molecule has 1 unspecified atom stereocenters. The van der Waals surface area contributed by atoms with E-state index in [0.29, 0.717) is 6.04 Å². The molecule has 1 fully saturated rings.